The molecule has 0 radical (unpaired) electrons. The molecule has 3 aromatic rings. The summed E-state index contributed by atoms with van der Waals surface area (Å²) in [7, 11) is 0. The third-order valence-electron chi connectivity index (χ3n) is 5.54. The lowest BCUT2D eigenvalue weighted by molar-refractivity contribution is -0.127. The number of aryl methyl sites for hydroxylation is 2. The highest BCUT2D eigenvalue weighted by molar-refractivity contribution is 6.05. The molecule has 2 N–H and O–H groups in total. The van der Waals surface area contributed by atoms with E-state index in [0.717, 1.165) is 22.4 Å². The van der Waals surface area contributed by atoms with E-state index in [1.807, 2.05) is 66.4 Å². The molecule has 0 aromatic heterocycles. The highest BCUT2D eigenvalue weighted by Crippen LogP contribution is 2.39. The maximum absolute atomic E-state index is 13.0. The van der Waals surface area contributed by atoms with Gasteiger partial charge in [0.25, 0.3) is 0 Å². The molecule has 1 aliphatic rings. The van der Waals surface area contributed by atoms with E-state index < -0.39 is 6.10 Å². The smallest absolute Gasteiger partial charge is 0.247 e. The lowest BCUT2D eigenvalue weighted by Gasteiger charge is -2.48. The Hall–Kier alpha value is -2.95. The maximum Gasteiger partial charge on any atom is 0.247 e. The minimum Gasteiger partial charge on any atom is -0.387 e. The first kappa shape index (κ1) is 19.4. The Balaban J connectivity index is 1.56. The zero-order valence-corrected chi connectivity index (χ0v) is 16.7. The molecule has 1 fully saturated rings. The number of nitrogens with zero attached hydrogens (tertiary/aromatic N) is 1. The Morgan fingerprint density at radius 1 is 0.897 bits per heavy atom. The maximum atomic E-state index is 13.0. The van der Waals surface area contributed by atoms with Gasteiger partial charge in [0, 0.05) is 12.2 Å². The molecule has 1 aliphatic heterocycles. The third kappa shape index (κ3) is 3.95. The zero-order valence-electron chi connectivity index (χ0n) is 16.7. The number of aliphatic hydroxyl groups excluding tert-OH is 1. The number of nitrogens with one attached hydrogen (secondary N) is 1. The summed E-state index contributed by atoms with van der Waals surface area (Å²) in [4.78, 5) is 14.9. The van der Waals surface area contributed by atoms with Gasteiger partial charge in [-0.05, 0) is 37.1 Å². The number of hydrogen-bond acceptors (Lipinski definition) is 3. The summed E-state index contributed by atoms with van der Waals surface area (Å²) in [6.45, 7) is 4.42. The van der Waals surface area contributed by atoms with E-state index in [-0.39, 0.29) is 18.0 Å². The van der Waals surface area contributed by atoms with Crippen molar-refractivity contribution in [2.24, 2.45) is 0 Å². The molecule has 0 aliphatic carbocycles. The van der Waals surface area contributed by atoms with Crippen LogP contribution >= 0.6 is 0 Å². The van der Waals surface area contributed by atoms with Crippen LogP contribution in [0.5, 0.6) is 0 Å². The highest BCUT2D eigenvalue weighted by Gasteiger charge is 2.48. The molecule has 4 heteroatoms. The normalized spacial score (nSPS) is 19.7. The van der Waals surface area contributed by atoms with Gasteiger partial charge in [-0.2, -0.15) is 0 Å². The van der Waals surface area contributed by atoms with Crippen molar-refractivity contribution in [1.82, 2.24) is 5.32 Å². The summed E-state index contributed by atoms with van der Waals surface area (Å²) in [6.07, 6.45) is -0.656. The molecule has 0 saturated carbocycles. The van der Waals surface area contributed by atoms with Crippen LogP contribution in [0.2, 0.25) is 0 Å². The summed E-state index contributed by atoms with van der Waals surface area (Å²) in [5.74, 6) is 0.0275. The molecule has 3 atom stereocenters. The number of rotatable bonds is 6. The van der Waals surface area contributed by atoms with Crippen molar-refractivity contribution >= 4 is 11.6 Å². The Labute approximate surface area is 171 Å². The van der Waals surface area contributed by atoms with Crippen molar-refractivity contribution in [3.63, 3.8) is 0 Å². The van der Waals surface area contributed by atoms with Gasteiger partial charge in [-0.15, -0.1) is 0 Å². The molecule has 1 amide bonds. The van der Waals surface area contributed by atoms with Crippen molar-refractivity contribution in [3.8, 4) is 0 Å². The van der Waals surface area contributed by atoms with Crippen LogP contribution in [0.15, 0.2) is 78.9 Å². The zero-order chi connectivity index (χ0) is 20.4. The average molecular weight is 386 g/mol. The third-order valence-corrected chi connectivity index (χ3v) is 5.54. The number of aliphatic hydroxyl groups is 1. The Bertz CT molecular complexity index is 968. The Morgan fingerprint density at radius 3 is 2.10 bits per heavy atom. The standard InChI is InChI=1S/C25H26N2O2/c1-17-8-12-20(13-9-17)24-23(26-16-22(28)19-6-4-3-5-7-19)25(29)27(24)21-14-10-18(2)11-15-21/h3-15,22-24,26,28H,16H2,1-2H3/t22?,23-,24?/m1/s1. The highest BCUT2D eigenvalue weighted by atomic mass is 16.3. The van der Waals surface area contributed by atoms with Crippen molar-refractivity contribution < 1.29 is 9.90 Å². The van der Waals surface area contributed by atoms with Gasteiger partial charge in [0.15, 0.2) is 0 Å². The SMILES string of the molecule is Cc1ccc(C2[C@@H](NCC(O)c3ccccc3)C(=O)N2c2ccc(C)cc2)cc1. The molecule has 3 aromatic carbocycles. The summed E-state index contributed by atoms with van der Waals surface area (Å²) < 4.78 is 0. The number of carbonyl (C=O) groups excluding carboxylic acids is 1. The minimum atomic E-state index is -0.656. The molecule has 0 bridgehead atoms. The number of β-lactam (4-membered cyclic amide) rings is 1. The summed E-state index contributed by atoms with van der Waals surface area (Å²) >= 11 is 0. The molecule has 29 heavy (non-hydrogen) atoms. The van der Waals surface area contributed by atoms with Crippen LogP contribution in [-0.4, -0.2) is 23.6 Å². The minimum absolute atomic E-state index is 0.0275. The van der Waals surface area contributed by atoms with E-state index in [0.29, 0.717) is 6.54 Å². The van der Waals surface area contributed by atoms with Gasteiger partial charge in [0.05, 0.1) is 12.1 Å². The quantitative estimate of drug-likeness (QED) is 0.628. The molecule has 2 unspecified atom stereocenters. The van der Waals surface area contributed by atoms with Crippen LogP contribution in [0, 0.1) is 13.8 Å². The van der Waals surface area contributed by atoms with Gasteiger partial charge in [-0.25, -0.2) is 0 Å². The average Bonchev–Trinajstić information content (AvgIpc) is 2.74. The first-order valence-electron chi connectivity index (χ1n) is 9.97. The van der Waals surface area contributed by atoms with Crippen LogP contribution in [0.1, 0.15) is 34.4 Å². The number of amides is 1. The second-order valence-electron chi connectivity index (χ2n) is 7.71. The number of carbonyl (C=O) groups is 1. The first-order chi connectivity index (χ1) is 14.0. The van der Waals surface area contributed by atoms with Crippen LogP contribution in [0.3, 0.4) is 0 Å². The molecular weight excluding hydrogens is 360 g/mol. The van der Waals surface area contributed by atoms with Gasteiger partial charge in [-0.3, -0.25) is 4.79 Å². The summed E-state index contributed by atoms with van der Waals surface area (Å²) in [5, 5.41) is 13.8. The predicted molar refractivity (Wildman–Crippen MR) is 116 cm³/mol. The lowest BCUT2D eigenvalue weighted by Crippen LogP contribution is -2.65. The lowest BCUT2D eigenvalue weighted by atomic mass is 9.87. The van der Waals surface area contributed by atoms with Crippen molar-refractivity contribution in [1.29, 1.82) is 0 Å². The Morgan fingerprint density at radius 2 is 1.48 bits per heavy atom. The van der Waals surface area contributed by atoms with Gasteiger partial charge in [0.2, 0.25) is 5.91 Å². The van der Waals surface area contributed by atoms with E-state index in [4.69, 9.17) is 0 Å². The van der Waals surface area contributed by atoms with Gasteiger partial charge < -0.3 is 15.3 Å². The molecule has 4 nitrogen and oxygen atoms in total. The molecule has 1 saturated heterocycles. The molecule has 0 spiro atoms. The van der Waals surface area contributed by atoms with Gasteiger partial charge >= 0.3 is 0 Å². The van der Waals surface area contributed by atoms with Crippen LogP contribution in [0.4, 0.5) is 5.69 Å². The fourth-order valence-corrected chi connectivity index (χ4v) is 3.82. The summed E-state index contributed by atoms with van der Waals surface area (Å²) in [6, 6.07) is 25.4. The second kappa shape index (κ2) is 8.19. The van der Waals surface area contributed by atoms with Crippen LogP contribution in [0.25, 0.3) is 0 Å². The molecular formula is C25H26N2O2. The molecule has 1 heterocycles. The van der Waals surface area contributed by atoms with E-state index >= 15 is 0 Å². The predicted octanol–water partition coefficient (Wildman–Crippen LogP) is 4.08. The van der Waals surface area contributed by atoms with Crippen LogP contribution in [-0.2, 0) is 4.79 Å². The van der Waals surface area contributed by atoms with Crippen molar-refractivity contribution in [2.75, 3.05) is 11.4 Å². The Kier molecular flexibility index (Phi) is 5.47. The fraction of sp³-hybridized carbons (Fsp3) is 0.240. The van der Waals surface area contributed by atoms with Crippen molar-refractivity contribution in [3.05, 3.63) is 101 Å². The van der Waals surface area contributed by atoms with Crippen LogP contribution < -0.4 is 10.2 Å². The number of hydrogen-bond donors (Lipinski definition) is 2. The monoisotopic (exact) mass is 386 g/mol. The topological polar surface area (TPSA) is 52.6 Å². The van der Waals surface area contributed by atoms with Gasteiger partial charge in [-0.1, -0.05) is 77.9 Å². The fourth-order valence-electron chi connectivity index (χ4n) is 3.82. The van der Waals surface area contributed by atoms with E-state index in [2.05, 4.69) is 36.5 Å². The van der Waals surface area contributed by atoms with E-state index in [1.54, 1.807) is 0 Å². The second-order valence-corrected chi connectivity index (χ2v) is 7.71. The molecule has 4 rings (SSSR count). The largest absolute Gasteiger partial charge is 0.387 e. The van der Waals surface area contributed by atoms with E-state index in [9.17, 15) is 9.90 Å². The summed E-state index contributed by atoms with van der Waals surface area (Å²) in [5.41, 5.74) is 5.17. The number of anilines is 1. The number of benzene rings is 3. The first-order valence-corrected chi connectivity index (χ1v) is 9.97. The van der Waals surface area contributed by atoms with E-state index in [1.165, 1.54) is 5.56 Å². The molecule has 148 valence electrons. The van der Waals surface area contributed by atoms with Gasteiger partial charge in [0.1, 0.15) is 6.04 Å². The van der Waals surface area contributed by atoms with Crippen molar-refractivity contribution in [2.45, 2.75) is 32.0 Å².